The normalized spacial score (nSPS) is 23.2. The van der Waals surface area contributed by atoms with Gasteiger partial charge >= 0.3 is 0 Å². The van der Waals surface area contributed by atoms with Gasteiger partial charge in [0.2, 0.25) is 0 Å². The molecule has 0 saturated carbocycles. The van der Waals surface area contributed by atoms with Gasteiger partial charge in [-0.1, -0.05) is 12.1 Å². The summed E-state index contributed by atoms with van der Waals surface area (Å²) in [6, 6.07) is 8.97. The molecule has 0 spiro atoms. The Kier molecular flexibility index (Phi) is 3.19. The van der Waals surface area contributed by atoms with Crippen LogP contribution in [0.5, 0.6) is 0 Å². The van der Waals surface area contributed by atoms with Gasteiger partial charge in [-0.3, -0.25) is 9.88 Å². The molecule has 0 bridgehead atoms. The van der Waals surface area contributed by atoms with Gasteiger partial charge in [-0.25, -0.2) is 0 Å². The fourth-order valence-corrected chi connectivity index (χ4v) is 3.89. The second-order valence-corrected chi connectivity index (χ2v) is 6.21. The van der Waals surface area contributed by atoms with Crippen LogP contribution in [0.2, 0.25) is 0 Å². The van der Waals surface area contributed by atoms with E-state index in [0.29, 0.717) is 0 Å². The first-order valence-corrected chi connectivity index (χ1v) is 7.95. The van der Waals surface area contributed by atoms with Crippen LogP contribution in [-0.2, 0) is 0 Å². The molecule has 2 aliphatic rings. The lowest BCUT2D eigenvalue weighted by Gasteiger charge is -2.28. The third-order valence-corrected chi connectivity index (χ3v) is 4.92. The Morgan fingerprint density at radius 2 is 2.00 bits per heavy atom. The summed E-state index contributed by atoms with van der Waals surface area (Å²) in [5.41, 5.74) is 9.08. The second kappa shape index (κ2) is 5.19. The zero-order valence-electron chi connectivity index (χ0n) is 12.3. The van der Waals surface area contributed by atoms with Gasteiger partial charge in [-0.2, -0.15) is 0 Å². The highest BCUT2D eigenvalue weighted by atomic mass is 15.3. The lowest BCUT2D eigenvalue weighted by Crippen LogP contribution is -2.36. The fourth-order valence-electron chi connectivity index (χ4n) is 3.89. The molecule has 21 heavy (non-hydrogen) atoms. The molecule has 1 aromatic heterocycles. The van der Waals surface area contributed by atoms with Crippen LogP contribution in [0, 0.1) is 0 Å². The number of aromatic nitrogens is 1. The number of nitrogen functional groups attached to an aromatic ring is 1. The van der Waals surface area contributed by atoms with E-state index in [-0.39, 0.29) is 0 Å². The summed E-state index contributed by atoms with van der Waals surface area (Å²) in [7, 11) is 0. The number of rotatable bonds is 1. The van der Waals surface area contributed by atoms with E-state index in [1.807, 2.05) is 18.3 Å². The molecule has 4 heteroatoms. The average molecular weight is 282 g/mol. The van der Waals surface area contributed by atoms with Gasteiger partial charge in [0.25, 0.3) is 0 Å². The summed E-state index contributed by atoms with van der Waals surface area (Å²) >= 11 is 0. The van der Waals surface area contributed by atoms with Crippen molar-refractivity contribution in [1.82, 2.24) is 9.88 Å². The number of pyridine rings is 1. The smallest absolute Gasteiger partial charge is 0.0951 e. The van der Waals surface area contributed by atoms with Crippen molar-refractivity contribution in [3.63, 3.8) is 0 Å². The first-order chi connectivity index (χ1) is 10.3. The summed E-state index contributed by atoms with van der Waals surface area (Å²) in [5, 5.41) is 1.18. The first kappa shape index (κ1) is 12.9. The third kappa shape index (κ3) is 2.23. The summed E-state index contributed by atoms with van der Waals surface area (Å²) in [6.45, 7) is 4.78. The highest BCUT2D eigenvalue weighted by molar-refractivity contribution is 5.98. The van der Waals surface area contributed by atoms with Crippen molar-refractivity contribution in [2.75, 3.05) is 36.8 Å². The Morgan fingerprint density at radius 1 is 1.10 bits per heavy atom. The lowest BCUT2D eigenvalue weighted by atomic mass is 10.1. The minimum Gasteiger partial charge on any atom is -0.397 e. The quantitative estimate of drug-likeness (QED) is 0.816. The van der Waals surface area contributed by atoms with Gasteiger partial charge in [0.15, 0.2) is 0 Å². The molecule has 1 aromatic carbocycles. The van der Waals surface area contributed by atoms with Crippen LogP contribution < -0.4 is 10.6 Å². The van der Waals surface area contributed by atoms with Gasteiger partial charge in [0.1, 0.15) is 0 Å². The molecule has 2 saturated heterocycles. The number of fused-ring (bicyclic) bond motifs is 2. The van der Waals surface area contributed by atoms with Crippen molar-refractivity contribution in [1.29, 1.82) is 0 Å². The molecule has 4 rings (SSSR count). The molecule has 1 unspecified atom stereocenters. The van der Waals surface area contributed by atoms with Crippen molar-refractivity contribution in [3.05, 3.63) is 30.5 Å². The predicted octanol–water partition coefficient (Wildman–Crippen LogP) is 2.49. The van der Waals surface area contributed by atoms with Crippen LogP contribution in [-0.4, -0.2) is 42.1 Å². The molecule has 0 radical (unpaired) electrons. The average Bonchev–Trinajstić information content (AvgIpc) is 2.84. The monoisotopic (exact) mass is 282 g/mol. The molecular formula is C17H22N4. The maximum Gasteiger partial charge on any atom is 0.0951 e. The van der Waals surface area contributed by atoms with Gasteiger partial charge in [0.05, 0.1) is 11.2 Å². The minimum absolute atomic E-state index is 0.719. The molecule has 2 aromatic rings. The van der Waals surface area contributed by atoms with Crippen molar-refractivity contribution in [2.24, 2.45) is 0 Å². The van der Waals surface area contributed by atoms with Crippen molar-refractivity contribution in [3.8, 4) is 0 Å². The number of hydrogen-bond donors (Lipinski definition) is 1. The second-order valence-electron chi connectivity index (χ2n) is 6.21. The molecule has 0 aliphatic carbocycles. The molecule has 3 heterocycles. The molecule has 2 N–H and O–H groups in total. The molecule has 2 fully saturated rings. The highest BCUT2D eigenvalue weighted by Gasteiger charge is 2.29. The van der Waals surface area contributed by atoms with Crippen LogP contribution in [0.4, 0.5) is 11.4 Å². The topological polar surface area (TPSA) is 45.4 Å². The van der Waals surface area contributed by atoms with Gasteiger partial charge in [-0.05, 0) is 37.9 Å². The zero-order valence-corrected chi connectivity index (χ0v) is 12.3. The number of benzene rings is 1. The van der Waals surface area contributed by atoms with E-state index in [1.165, 1.54) is 43.4 Å². The van der Waals surface area contributed by atoms with E-state index in [4.69, 9.17) is 5.73 Å². The van der Waals surface area contributed by atoms with Crippen LogP contribution in [0.3, 0.4) is 0 Å². The Labute approximate surface area is 125 Å². The van der Waals surface area contributed by atoms with E-state index in [0.717, 1.165) is 30.3 Å². The Balaban J connectivity index is 1.74. The first-order valence-electron chi connectivity index (χ1n) is 7.95. The summed E-state index contributed by atoms with van der Waals surface area (Å²) in [6.07, 6.45) is 5.82. The summed E-state index contributed by atoms with van der Waals surface area (Å²) < 4.78 is 0. The number of anilines is 2. The van der Waals surface area contributed by atoms with Crippen molar-refractivity contribution >= 4 is 22.3 Å². The van der Waals surface area contributed by atoms with E-state index in [2.05, 4.69) is 26.9 Å². The standard InChI is InChI=1S/C17H22N4/c18-15-6-1-5-14-16(7-8-19-17(14)15)21-11-3-10-20-9-2-4-13(20)12-21/h1,5-8,13H,2-4,9-12,18H2. The third-order valence-electron chi connectivity index (χ3n) is 4.92. The summed E-state index contributed by atoms with van der Waals surface area (Å²) in [4.78, 5) is 9.67. The highest BCUT2D eigenvalue weighted by Crippen LogP contribution is 2.31. The Bertz CT molecular complexity index is 654. The van der Waals surface area contributed by atoms with Gasteiger partial charge in [-0.15, -0.1) is 0 Å². The van der Waals surface area contributed by atoms with Gasteiger partial charge in [0, 0.05) is 42.9 Å². The van der Waals surface area contributed by atoms with Crippen molar-refractivity contribution in [2.45, 2.75) is 25.3 Å². The molecule has 1 atom stereocenters. The number of nitrogens with zero attached hydrogens (tertiary/aromatic N) is 3. The fraction of sp³-hybridized carbons (Fsp3) is 0.471. The molecular weight excluding hydrogens is 260 g/mol. The number of hydrogen-bond acceptors (Lipinski definition) is 4. The zero-order chi connectivity index (χ0) is 14.2. The SMILES string of the molecule is Nc1cccc2c(N3CCCN4CCCC4C3)ccnc12. The summed E-state index contributed by atoms with van der Waals surface area (Å²) in [5.74, 6) is 0. The van der Waals surface area contributed by atoms with Crippen LogP contribution in [0.1, 0.15) is 19.3 Å². The number of para-hydroxylation sites is 1. The van der Waals surface area contributed by atoms with Crippen molar-refractivity contribution < 1.29 is 0 Å². The molecule has 0 amide bonds. The largest absolute Gasteiger partial charge is 0.397 e. The van der Waals surface area contributed by atoms with E-state index in [9.17, 15) is 0 Å². The van der Waals surface area contributed by atoms with E-state index in [1.54, 1.807) is 0 Å². The maximum atomic E-state index is 6.08. The minimum atomic E-state index is 0.719. The molecule has 4 nitrogen and oxygen atoms in total. The number of nitrogens with two attached hydrogens (primary N) is 1. The predicted molar refractivity (Wildman–Crippen MR) is 87.6 cm³/mol. The lowest BCUT2D eigenvalue weighted by molar-refractivity contribution is 0.273. The van der Waals surface area contributed by atoms with E-state index < -0.39 is 0 Å². The van der Waals surface area contributed by atoms with E-state index >= 15 is 0 Å². The molecule has 110 valence electrons. The Morgan fingerprint density at radius 3 is 2.95 bits per heavy atom. The maximum absolute atomic E-state index is 6.08. The molecule has 2 aliphatic heterocycles. The van der Waals surface area contributed by atoms with Crippen LogP contribution >= 0.6 is 0 Å². The Hall–Kier alpha value is -1.81. The van der Waals surface area contributed by atoms with Crippen LogP contribution in [0.15, 0.2) is 30.5 Å². The van der Waals surface area contributed by atoms with Crippen LogP contribution in [0.25, 0.3) is 10.9 Å². The van der Waals surface area contributed by atoms with Gasteiger partial charge < -0.3 is 10.6 Å².